The number of rotatable bonds is 10. The summed E-state index contributed by atoms with van der Waals surface area (Å²) < 4.78 is 80.7. The quantitative estimate of drug-likeness (QED) is 0.332. The number of hydrogen-bond donors (Lipinski definition) is 0. The maximum absolute atomic E-state index is 13.3. The van der Waals surface area contributed by atoms with Crippen LogP contribution in [-0.2, 0) is 9.53 Å². The Morgan fingerprint density at radius 3 is 2.19 bits per heavy atom. The van der Waals surface area contributed by atoms with Crippen LogP contribution in [-0.4, -0.2) is 30.8 Å². The van der Waals surface area contributed by atoms with Gasteiger partial charge in [0.15, 0.2) is 0 Å². The second-order valence-corrected chi connectivity index (χ2v) is 5.06. The zero-order valence-corrected chi connectivity index (χ0v) is 12.0. The SMILES string of the molecule is CCC(C)C(=O)OCCCC(F)(F)CC(F)(F)CC(F)F. The summed E-state index contributed by atoms with van der Waals surface area (Å²) in [5, 5.41) is 0. The van der Waals surface area contributed by atoms with Crippen LogP contribution in [0.5, 0.6) is 0 Å². The van der Waals surface area contributed by atoms with Crippen LogP contribution >= 0.6 is 0 Å². The average molecular weight is 322 g/mol. The molecule has 0 radical (unpaired) electrons. The second-order valence-electron chi connectivity index (χ2n) is 5.06. The molecule has 0 rings (SSSR count). The van der Waals surface area contributed by atoms with Crippen molar-refractivity contribution in [3.8, 4) is 0 Å². The zero-order chi connectivity index (χ0) is 16.7. The highest BCUT2D eigenvalue weighted by Crippen LogP contribution is 2.37. The molecule has 0 fully saturated rings. The van der Waals surface area contributed by atoms with E-state index in [9.17, 15) is 31.1 Å². The lowest BCUT2D eigenvalue weighted by Gasteiger charge is -2.23. The first-order valence-electron chi connectivity index (χ1n) is 6.69. The molecule has 0 bridgehead atoms. The normalized spacial score (nSPS) is 14.3. The first kappa shape index (κ1) is 20.1. The molecule has 2 nitrogen and oxygen atoms in total. The predicted octanol–water partition coefficient (Wildman–Crippen LogP) is 4.67. The first-order valence-corrected chi connectivity index (χ1v) is 6.69. The average Bonchev–Trinajstić information content (AvgIpc) is 2.30. The van der Waals surface area contributed by atoms with Crippen LogP contribution in [0.1, 0.15) is 46.0 Å². The molecule has 0 aliphatic rings. The molecule has 0 heterocycles. The third-order valence-corrected chi connectivity index (χ3v) is 2.92. The van der Waals surface area contributed by atoms with Gasteiger partial charge in [0.2, 0.25) is 6.43 Å². The molecule has 0 aromatic heterocycles. The van der Waals surface area contributed by atoms with Crippen LogP contribution in [0, 0.1) is 5.92 Å². The molecular weight excluding hydrogens is 302 g/mol. The van der Waals surface area contributed by atoms with E-state index in [2.05, 4.69) is 0 Å². The Hall–Kier alpha value is -0.950. The fourth-order valence-electron chi connectivity index (χ4n) is 1.58. The lowest BCUT2D eigenvalue weighted by Crippen LogP contribution is -2.31. The molecule has 126 valence electrons. The van der Waals surface area contributed by atoms with Crippen molar-refractivity contribution in [2.45, 2.75) is 64.2 Å². The Morgan fingerprint density at radius 1 is 1.14 bits per heavy atom. The van der Waals surface area contributed by atoms with E-state index < -0.39 is 43.5 Å². The Bertz CT molecular complexity index is 320. The van der Waals surface area contributed by atoms with E-state index in [1.165, 1.54) is 0 Å². The third-order valence-electron chi connectivity index (χ3n) is 2.92. The maximum Gasteiger partial charge on any atom is 0.308 e. The molecule has 0 aromatic rings. The maximum atomic E-state index is 13.3. The predicted molar refractivity (Wildman–Crippen MR) is 64.8 cm³/mol. The number of carbonyl (C=O) groups is 1. The van der Waals surface area contributed by atoms with Crippen molar-refractivity contribution in [3.63, 3.8) is 0 Å². The highest BCUT2D eigenvalue weighted by atomic mass is 19.3. The minimum Gasteiger partial charge on any atom is -0.465 e. The van der Waals surface area contributed by atoms with Gasteiger partial charge in [0.05, 0.1) is 25.4 Å². The minimum absolute atomic E-state index is 0.306. The van der Waals surface area contributed by atoms with Gasteiger partial charge < -0.3 is 4.74 Å². The van der Waals surface area contributed by atoms with Gasteiger partial charge in [0.25, 0.3) is 11.8 Å². The van der Waals surface area contributed by atoms with Gasteiger partial charge in [-0.05, 0) is 12.8 Å². The Balaban J connectivity index is 4.11. The Morgan fingerprint density at radius 2 is 1.71 bits per heavy atom. The number of hydrogen-bond acceptors (Lipinski definition) is 2. The molecular formula is C13H20F6O2. The molecule has 0 saturated heterocycles. The summed E-state index contributed by atoms with van der Waals surface area (Å²) in [6, 6.07) is 0. The van der Waals surface area contributed by atoms with Crippen molar-refractivity contribution in [1.82, 2.24) is 0 Å². The van der Waals surface area contributed by atoms with Crippen LogP contribution in [0.25, 0.3) is 0 Å². The molecule has 21 heavy (non-hydrogen) atoms. The Labute approximate surface area is 119 Å². The topological polar surface area (TPSA) is 26.3 Å². The molecule has 0 saturated carbocycles. The lowest BCUT2D eigenvalue weighted by atomic mass is 10.0. The molecule has 0 aromatic carbocycles. The van der Waals surface area contributed by atoms with E-state index in [0.717, 1.165) is 0 Å². The molecule has 0 N–H and O–H groups in total. The zero-order valence-electron chi connectivity index (χ0n) is 12.0. The van der Waals surface area contributed by atoms with Crippen LogP contribution in [0.15, 0.2) is 0 Å². The van der Waals surface area contributed by atoms with Crippen molar-refractivity contribution in [3.05, 3.63) is 0 Å². The summed E-state index contributed by atoms with van der Waals surface area (Å²) in [5.74, 6) is -8.79. The van der Waals surface area contributed by atoms with E-state index in [0.29, 0.717) is 6.42 Å². The fraction of sp³-hybridized carbons (Fsp3) is 0.923. The van der Waals surface area contributed by atoms with Gasteiger partial charge in [0, 0.05) is 6.42 Å². The van der Waals surface area contributed by atoms with Crippen molar-refractivity contribution < 1.29 is 35.9 Å². The number of carbonyl (C=O) groups excluding carboxylic acids is 1. The standard InChI is InChI=1S/C13H20F6O2/c1-3-9(2)11(20)21-6-4-5-12(16,17)8-13(18,19)7-10(14)15/h9-10H,3-8H2,1-2H3. The molecule has 0 aliphatic carbocycles. The van der Waals surface area contributed by atoms with E-state index >= 15 is 0 Å². The highest BCUT2D eigenvalue weighted by Gasteiger charge is 2.44. The number of alkyl halides is 6. The first-order chi connectivity index (χ1) is 9.49. The van der Waals surface area contributed by atoms with Crippen LogP contribution in [0.4, 0.5) is 26.3 Å². The van der Waals surface area contributed by atoms with E-state index in [1.807, 2.05) is 0 Å². The minimum atomic E-state index is -4.12. The molecule has 0 spiro atoms. The van der Waals surface area contributed by atoms with E-state index in [1.54, 1.807) is 13.8 Å². The number of esters is 1. The fourth-order valence-corrected chi connectivity index (χ4v) is 1.58. The van der Waals surface area contributed by atoms with Crippen LogP contribution in [0.3, 0.4) is 0 Å². The van der Waals surface area contributed by atoms with Crippen LogP contribution < -0.4 is 0 Å². The summed E-state index contributed by atoms with van der Waals surface area (Å²) in [7, 11) is 0. The van der Waals surface area contributed by atoms with Crippen molar-refractivity contribution in [1.29, 1.82) is 0 Å². The van der Waals surface area contributed by atoms with Gasteiger partial charge in [-0.1, -0.05) is 13.8 Å². The monoisotopic (exact) mass is 322 g/mol. The number of halogens is 6. The largest absolute Gasteiger partial charge is 0.465 e. The van der Waals surface area contributed by atoms with Gasteiger partial charge in [-0.15, -0.1) is 0 Å². The summed E-state index contributed by atoms with van der Waals surface area (Å²) in [6.45, 7) is 3.06. The van der Waals surface area contributed by atoms with E-state index in [-0.39, 0.29) is 18.9 Å². The smallest absolute Gasteiger partial charge is 0.308 e. The second kappa shape index (κ2) is 8.48. The highest BCUT2D eigenvalue weighted by molar-refractivity contribution is 5.71. The van der Waals surface area contributed by atoms with Crippen molar-refractivity contribution in [2.24, 2.45) is 5.92 Å². The van der Waals surface area contributed by atoms with Gasteiger partial charge in [-0.25, -0.2) is 26.3 Å². The number of ether oxygens (including phenoxy) is 1. The van der Waals surface area contributed by atoms with Gasteiger partial charge >= 0.3 is 5.97 Å². The molecule has 8 heteroatoms. The molecule has 1 unspecified atom stereocenters. The summed E-state index contributed by atoms with van der Waals surface area (Å²) in [5.41, 5.74) is 0. The third kappa shape index (κ3) is 9.57. The summed E-state index contributed by atoms with van der Waals surface area (Å²) in [6.07, 6.45) is -7.86. The van der Waals surface area contributed by atoms with Crippen LogP contribution in [0.2, 0.25) is 0 Å². The summed E-state index contributed by atoms with van der Waals surface area (Å²) in [4.78, 5) is 11.2. The lowest BCUT2D eigenvalue weighted by molar-refractivity contribution is -0.151. The van der Waals surface area contributed by atoms with Gasteiger partial charge in [-0.2, -0.15) is 0 Å². The molecule has 0 amide bonds. The van der Waals surface area contributed by atoms with E-state index in [4.69, 9.17) is 4.74 Å². The Kier molecular flexibility index (Phi) is 8.10. The summed E-state index contributed by atoms with van der Waals surface area (Å²) >= 11 is 0. The van der Waals surface area contributed by atoms with Gasteiger partial charge in [-0.3, -0.25) is 4.79 Å². The molecule has 0 aliphatic heterocycles. The van der Waals surface area contributed by atoms with Crippen molar-refractivity contribution >= 4 is 5.97 Å². The molecule has 1 atom stereocenters. The van der Waals surface area contributed by atoms with Gasteiger partial charge in [0.1, 0.15) is 0 Å². The van der Waals surface area contributed by atoms with Crippen molar-refractivity contribution in [2.75, 3.05) is 6.61 Å².